The lowest BCUT2D eigenvalue weighted by Crippen LogP contribution is -2.36. The van der Waals surface area contributed by atoms with Gasteiger partial charge in [0.2, 0.25) is 0 Å². The topological polar surface area (TPSA) is 77.2 Å². The van der Waals surface area contributed by atoms with Gasteiger partial charge < -0.3 is 10.0 Å². The van der Waals surface area contributed by atoms with Crippen molar-refractivity contribution in [3.8, 4) is 6.07 Å². The quantitative estimate of drug-likeness (QED) is 0.876. The van der Waals surface area contributed by atoms with Gasteiger partial charge in [-0.2, -0.15) is 5.26 Å². The second-order valence-electron chi connectivity index (χ2n) is 4.56. The van der Waals surface area contributed by atoms with E-state index in [0.717, 1.165) is 31.6 Å². The summed E-state index contributed by atoms with van der Waals surface area (Å²) in [6.45, 7) is 1.65. The first-order valence-electron chi connectivity index (χ1n) is 6.02. The number of anilines is 1. The minimum Gasteiger partial charge on any atom is -0.481 e. The molecule has 1 aromatic rings. The van der Waals surface area contributed by atoms with Gasteiger partial charge in [-0.25, -0.2) is 4.98 Å². The lowest BCUT2D eigenvalue weighted by atomic mass is 9.94. The molecule has 5 heteroatoms. The van der Waals surface area contributed by atoms with Crippen molar-refractivity contribution in [2.45, 2.75) is 19.3 Å². The number of piperidine rings is 1. The monoisotopic (exact) mass is 245 g/mol. The molecule has 1 fully saturated rings. The highest BCUT2D eigenvalue weighted by atomic mass is 16.4. The molecule has 2 rings (SSSR count). The fourth-order valence-electron chi connectivity index (χ4n) is 2.39. The van der Waals surface area contributed by atoms with Gasteiger partial charge >= 0.3 is 5.97 Å². The average molecular weight is 245 g/mol. The maximum atomic E-state index is 10.7. The Kier molecular flexibility index (Phi) is 3.78. The van der Waals surface area contributed by atoms with E-state index >= 15 is 0 Å². The summed E-state index contributed by atoms with van der Waals surface area (Å²) in [7, 11) is 0. The van der Waals surface area contributed by atoms with Crippen LogP contribution in [0.4, 0.5) is 5.69 Å². The number of hydrogen-bond acceptors (Lipinski definition) is 4. The minimum atomic E-state index is -0.741. The van der Waals surface area contributed by atoms with Gasteiger partial charge in [0.05, 0.1) is 0 Å². The largest absolute Gasteiger partial charge is 0.481 e. The molecule has 0 bridgehead atoms. The van der Waals surface area contributed by atoms with Crippen molar-refractivity contribution in [2.24, 2.45) is 5.92 Å². The maximum Gasteiger partial charge on any atom is 0.303 e. The van der Waals surface area contributed by atoms with E-state index in [-0.39, 0.29) is 12.3 Å². The predicted octanol–water partition coefficient (Wildman–Crippen LogP) is 1.64. The third-order valence-corrected chi connectivity index (χ3v) is 3.21. The summed E-state index contributed by atoms with van der Waals surface area (Å²) in [5.74, 6) is -0.552. The summed E-state index contributed by atoms with van der Waals surface area (Å²) in [6.07, 6.45) is 3.78. The van der Waals surface area contributed by atoms with Crippen molar-refractivity contribution in [1.29, 1.82) is 5.26 Å². The summed E-state index contributed by atoms with van der Waals surface area (Å²) < 4.78 is 0. The first-order chi connectivity index (χ1) is 8.69. The summed E-state index contributed by atoms with van der Waals surface area (Å²) in [5.41, 5.74) is 1.35. The van der Waals surface area contributed by atoms with Crippen LogP contribution in [-0.2, 0) is 4.79 Å². The molecule has 0 amide bonds. The molecule has 1 N–H and O–H groups in total. The van der Waals surface area contributed by atoms with Crippen molar-refractivity contribution in [1.82, 2.24) is 4.98 Å². The average Bonchev–Trinajstić information content (AvgIpc) is 2.38. The zero-order chi connectivity index (χ0) is 13.0. The zero-order valence-corrected chi connectivity index (χ0v) is 10.0. The van der Waals surface area contributed by atoms with Gasteiger partial charge in [-0.3, -0.25) is 4.79 Å². The van der Waals surface area contributed by atoms with Gasteiger partial charge in [0.25, 0.3) is 0 Å². The Labute approximate surface area is 106 Å². The summed E-state index contributed by atoms with van der Waals surface area (Å²) >= 11 is 0. The molecule has 0 saturated carbocycles. The Bertz CT molecular complexity index is 481. The molecule has 0 spiro atoms. The van der Waals surface area contributed by atoms with E-state index in [2.05, 4.69) is 9.88 Å². The van der Waals surface area contributed by atoms with Gasteiger partial charge in [-0.15, -0.1) is 0 Å². The van der Waals surface area contributed by atoms with Gasteiger partial charge in [-0.1, -0.05) is 0 Å². The molecule has 1 atom stereocenters. The first kappa shape index (κ1) is 12.4. The molecule has 94 valence electrons. The normalized spacial score (nSPS) is 19.3. The Balaban J connectivity index is 2.08. The standard InChI is InChI=1S/C13H15N3O2/c14-8-11-7-12(3-4-15-11)16-5-1-2-10(9-16)6-13(17)18/h3-4,7,10H,1-2,5-6,9H2,(H,17,18). The number of nitriles is 1. The summed E-state index contributed by atoms with van der Waals surface area (Å²) in [4.78, 5) is 16.8. The van der Waals surface area contributed by atoms with Gasteiger partial charge in [-0.05, 0) is 30.9 Å². The van der Waals surface area contributed by atoms with E-state index in [4.69, 9.17) is 10.4 Å². The van der Waals surface area contributed by atoms with Crippen molar-refractivity contribution in [3.05, 3.63) is 24.0 Å². The molecule has 1 unspecified atom stereocenters. The predicted molar refractivity (Wildman–Crippen MR) is 66.1 cm³/mol. The molecule has 0 radical (unpaired) electrons. The van der Waals surface area contributed by atoms with Crippen molar-refractivity contribution in [3.63, 3.8) is 0 Å². The molecule has 1 aliphatic heterocycles. The number of hydrogen-bond donors (Lipinski definition) is 1. The van der Waals surface area contributed by atoms with Crippen LogP contribution in [0.3, 0.4) is 0 Å². The van der Waals surface area contributed by atoms with Crippen molar-refractivity contribution in [2.75, 3.05) is 18.0 Å². The van der Waals surface area contributed by atoms with Gasteiger partial charge in [0.15, 0.2) is 0 Å². The Hall–Kier alpha value is -2.09. The van der Waals surface area contributed by atoms with Crippen LogP contribution in [0.2, 0.25) is 0 Å². The van der Waals surface area contributed by atoms with E-state index in [1.165, 1.54) is 0 Å². The van der Waals surface area contributed by atoms with Crippen LogP contribution in [-0.4, -0.2) is 29.1 Å². The zero-order valence-electron chi connectivity index (χ0n) is 10.0. The smallest absolute Gasteiger partial charge is 0.303 e. The van der Waals surface area contributed by atoms with E-state index in [0.29, 0.717) is 5.69 Å². The van der Waals surface area contributed by atoms with Crippen LogP contribution in [0.5, 0.6) is 0 Å². The van der Waals surface area contributed by atoms with Gasteiger partial charge in [0, 0.05) is 31.4 Å². The highest BCUT2D eigenvalue weighted by Crippen LogP contribution is 2.25. The highest BCUT2D eigenvalue weighted by molar-refractivity contribution is 5.67. The highest BCUT2D eigenvalue weighted by Gasteiger charge is 2.22. The number of pyridine rings is 1. The molecule has 1 aromatic heterocycles. The van der Waals surface area contributed by atoms with E-state index < -0.39 is 5.97 Å². The van der Waals surface area contributed by atoms with Crippen LogP contribution in [0.15, 0.2) is 18.3 Å². The number of carboxylic acid groups (broad SMARTS) is 1. The van der Waals surface area contributed by atoms with Crippen molar-refractivity contribution >= 4 is 11.7 Å². The van der Waals surface area contributed by atoms with Gasteiger partial charge in [0.1, 0.15) is 11.8 Å². The molecular weight excluding hydrogens is 230 g/mol. The Morgan fingerprint density at radius 1 is 1.67 bits per heavy atom. The van der Waals surface area contributed by atoms with E-state index in [1.54, 1.807) is 12.3 Å². The van der Waals surface area contributed by atoms with Crippen LogP contribution < -0.4 is 4.90 Å². The third-order valence-electron chi connectivity index (χ3n) is 3.21. The third kappa shape index (κ3) is 2.98. The lowest BCUT2D eigenvalue weighted by Gasteiger charge is -2.33. The number of rotatable bonds is 3. The second-order valence-corrected chi connectivity index (χ2v) is 4.56. The SMILES string of the molecule is N#Cc1cc(N2CCCC(CC(=O)O)C2)ccn1. The molecule has 5 nitrogen and oxygen atoms in total. The molecular formula is C13H15N3O2. The van der Waals surface area contributed by atoms with Crippen LogP contribution >= 0.6 is 0 Å². The van der Waals surface area contributed by atoms with Crippen LogP contribution in [0.25, 0.3) is 0 Å². The van der Waals surface area contributed by atoms with Crippen LogP contribution in [0, 0.1) is 17.2 Å². The number of nitrogens with zero attached hydrogens (tertiary/aromatic N) is 3. The van der Waals surface area contributed by atoms with E-state index in [9.17, 15) is 4.79 Å². The summed E-state index contributed by atoms with van der Waals surface area (Å²) in [6, 6.07) is 5.64. The lowest BCUT2D eigenvalue weighted by molar-refractivity contribution is -0.138. The number of aromatic nitrogens is 1. The second kappa shape index (κ2) is 5.50. The molecule has 0 aromatic carbocycles. The molecule has 0 aliphatic carbocycles. The summed E-state index contributed by atoms with van der Waals surface area (Å²) in [5, 5.41) is 17.7. The molecule has 1 saturated heterocycles. The Morgan fingerprint density at radius 2 is 2.50 bits per heavy atom. The van der Waals surface area contributed by atoms with E-state index in [1.807, 2.05) is 12.1 Å². The maximum absolute atomic E-state index is 10.7. The Morgan fingerprint density at radius 3 is 3.22 bits per heavy atom. The van der Waals surface area contributed by atoms with Crippen molar-refractivity contribution < 1.29 is 9.90 Å². The first-order valence-corrected chi connectivity index (χ1v) is 6.02. The fraction of sp³-hybridized carbons (Fsp3) is 0.462. The molecule has 18 heavy (non-hydrogen) atoms. The number of carbonyl (C=O) groups is 1. The molecule has 2 heterocycles. The van der Waals surface area contributed by atoms with Crippen LogP contribution in [0.1, 0.15) is 25.0 Å². The molecule has 1 aliphatic rings. The fourth-order valence-corrected chi connectivity index (χ4v) is 2.39. The number of aliphatic carboxylic acids is 1. The minimum absolute atomic E-state index is 0.190. The number of carboxylic acids is 1.